The van der Waals surface area contributed by atoms with Crippen molar-refractivity contribution in [1.82, 2.24) is 5.32 Å². The second-order valence-corrected chi connectivity index (χ2v) is 6.63. The summed E-state index contributed by atoms with van der Waals surface area (Å²) in [5.41, 5.74) is 1.68. The average Bonchev–Trinajstić information content (AvgIpc) is 3.04. The minimum atomic E-state index is -0.540. The third-order valence-electron chi connectivity index (χ3n) is 3.77. The Morgan fingerprint density at radius 1 is 1.33 bits per heavy atom. The highest BCUT2D eigenvalue weighted by Crippen LogP contribution is 2.37. The standard InChI is InChI=1S/C16H16N2O2S/c1-16(2)12-6-5-10(8-13(12)18-15(16)20)14(19)17-9-11-4-3-7-21-11/h3-8H,9H2,1-2H3,(H,17,19)(H,18,20). The Morgan fingerprint density at radius 3 is 2.86 bits per heavy atom. The van der Waals surface area contributed by atoms with Gasteiger partial charge in [0.05, 0.1) is 12.0 Å². The third kappa shape index (κ3) is 2.45. The lowest BCUT2D eigenvalue weighted by molar-refractivity contribution is -0.119. The van der Waals surface area contributed by atoms with Gasteiger partial charge in [0.1, 0.15) is 0 Å². The molecule has 21 heavy (non-hydrogen) atoms. The summed E-state index contributed by atoms with van der Waals surface area (Å²) in [4.78, 5) is 25.2. The van der Waals surface area contributed by atoms with Crippen LogP contribution in [0.15, 0.2) is 35.7 Å². The minimum Gasteiger partial charge on any atom is -0.347 e. The third-order valence-corrected chi connectivity index (χ3v) is 4.65. The molecule has 0 bridgehead atoms. The summed E-state index contributed by atoms with van der Waals surface area (Å²) in [7, 11) is 0. The Hall–Kier alpha value is -2.14. The van der Waals surface area contributed by atoms with Crippen LogP contribution in [0.2, 0.25) is 0 Å². The van der Waals surface area contributed by atoms with E-state index in [1.807, 2.05) is 37.4 Å². The molecule has 1 aromatic heterocycles. The maximum Gasteiger partial charge on any atom is 0.251 e. The lowest BCUT2D eigenvalue weighted by Crippen LogP contribution is -2.26. The second-order valence-electron chi connectivity index (χ2n) is 5.60. The highest BCUT2D eigenvalue weighted by atomic mass is 32.1. The van der Waals surface area contributed by atoms with E-state index in [1.54, 1.807) is 23.5 Å². The zero-order valence-electron chi connectivity index (χ0n) is 11.9. The first kappa shape index (κ1) is 13.8. The number of fused-ring (bicyclic) bond motifs is 1. The quantitative estimate of drug-likeness (QED) is 0.915. The van der Waals surface area contributed by atoms with Gasteiger partial charge < -0.3 is 10.6 Å². The van der Waals surface area contributed by atoms with E-state index in [9.17, 15) is 9.59 Å². The van der Waals surface area contributed by atoms with Gasteiger partial charge in [-0.15, -0.1) is 11.3 Å². The number of rotatable bonds is 3. The Labute approximate surface area is 127 Å². The largest absolute Gasteiger partial charge is 0.347 e. The Balaban J connectivity index is 1.77. The average molecular weight is 300 g/mol. The van der Waals surface area contributed by atoms with Crippen molar-refractivity contribution in [2.45, 2.75) is 25.8 Å². The first-order chi connectivity index (χ1) is 9.98. The van der Waals surface area contributed by atoms with Crippen molar-refractivity contribution >= 4 is 28.8 Å². The monoisotopic (exact) mass is 300 g/mol. The fourth-order valence-electron chi connectivity index (χ4n) is 2.42. The number of anilines is 1. The number of hydrogen-bond donors (Lipinski definition) is 2. The van der Waals surface area contributed by atoms with Gasteiger partial charge in [-0.05, 0) is 43.0 Å². The molecule has 1 aliphatic rings. The van der Waals surface area contributed by atoms with E-state index < -0.39 is 5.41 Å². The Kier molecular flexibility index (Phi) is 3.29. The van der Waals surface area contributed by atoms with Gasteiger partial charge in [0.2, 0.25) is 5.91 Å². The predicted molar refractivity (Wildman–Crippen MR) is 83.6 cm³/mol. The second kappa shape index (κ2) is 5.00. The first-order valence-corrected chi connectivity index (χ1v) is 7.63. The molecule has 2 heterocycles. The highest BCUT2D eigenvalue weighted by Gasteiger charge is 2.38. The molecule has 0 radical (unpaired) electrons. The summed E-state index contributed by atoms with van der Waals surface area (Å²) in [6.45, 7) is 4.28. The zero-order valence-corrected chi connectivity index (χ0v) is 12.7. The summed E-state index contributed by atoms with van der Waals surface area (Å²) in [6.07, 6.45) is 0. The molecule has 0 unspecified atom stereocenters. The van der Waals surface area contributed by atoms with Crippen molar-refractivity contribution < 1.29 is 9.59 Å². The molecule has 0 atom stereocenters. The van der Waals surface area contributed by atoms with Gasteiger partial charge in [-0.1, -0.05) is 12.1 Å². The van der Waals surface area contributed by atoms with E-state index in [2.05, 4.69) is 10.6 Å². The van der Waals surface area contributed by atoms with E-state index in [0.717, 1.165) is 16.1 Å². The number of carbonyl (C=O) groups excluding carboxylic acids is 2. The molecular weight excluding hydrogens is 284 g/mol. The molecule has 0 aliphatic carbocycles. The molecule has 4 nitrogen and oxygen atoms in total. The molecule has 0 saturated carbocycles. The maximum absolute atomic E-state index is 12.2. The summed E-state index contributed by atoms with van der Waals surface area (Å²) >= 11 is 1.61. The van der Waals surface area contributed by atoms with Gasteiger partial charge in [-0.3, -0.25) is 9.59 Å². The number of thiophene rings is 1. The summed E-state index contributed by atoms with van der Waals surface area (Å²) in [5.74, 6) is -0.168. The molecule has 2 aromatic rings. The lowest BCUT2D eigenvalue weighted by atomic mass is 9.86. The van der Waals surface area contributed by atoms with Gasteiger partial charge in [-0.25, -0.2) is 0 Å². The molecule has 0 saturated heterocycles. The summed E-state index contributed by atoms with van der Waals surface area (Å²) in [6, 6.07) is 9.30. The van der Waals surface area contributed by atoms with Crippen LogP contribution >= 0.6 is 11.3 Å². The van der Waals surface area contributed by atoms with Crippen molar-refractivity contribution in [3.63, 3.8) is 0 Å². The van der Waals surface area contributed by atoms with Crippen LogP contribution in [0.25, 0.3) is 0 Å². The number of amides is 2. The minimum absolute atomic E-state index is 0.0337. The number of hydrogen-bond acceptors (Lipinski definition) is 3. The van der Waals surface area contributed by atoms with Crippen molar-refractivity contribution in [3.05, 3.63) is 51.7 Å². The van der Waals surface area contributed by atoms with Gasteiger partial charge in [0, 0.05) is 16.1 Å². The van der Waals surface area contributed by atoms with E-state index in [1.165, 1.54) is 0 Å². The number of nitrogens with one attached hydrogen (secondary N) is 2. The Bertz CT molecular complexity index is 705. The number of carbonyl (C=O) groups is 2. The van der Waals surface area contributed by atoms with Crippen molar-refractivity contribution in [3.8, 4) is 0 Å². The van der Waals surface area contributed by atoms with Crippen LogP contribution in [-0.4, -0.2) is 11.8 Å². The van der Waals surface area contributed by atoms with Gasteiger partial charge >= 0.3 is 0 Å². The van der Waals surface area contributed by atoms with Gasteiger partial charge in [0.15, 0.2) is 0 Å². The van der Waals surface area contributed by atoms with Crippen LogP contribution in [0.1, 0.15) is 34.6 Å². The van der Waals surface area contributed by atoms with Crippen molar-refractivity contribution in [2.75, 3.05) is 5.32 Å². The highest BCUT2D eigenvalue weighted by molar-refractivity contribution is 7.09. The normalized spacial score (nSPS) is 15.4. The fraction of sp³-hybridized carbons (Fsp3) is 0.250. The van der Waals surface area contributed by atoms with Crippen molar-refractivity contribution in [1.29, 1.82) is 0 Å². The van der Waals surface area contributed by atoms with E-state index in [4.69, 9.17) is 0 Å². The molecule has 2 N–H and O–H groups in total. The van der Waals surface area contributed by atoms with Crippen LogP contribution in [-0.2, 0) is 16.8 Å². The predicted octanol–water partition coefficient (Wildman–Crippen LogP) is 2.91. The fourth-order valence-corrected chi connectivity index (χ4v) is 3.06. The van der Waals surface area contributed by atoms with E-state index in [-0.39, 0.29) is 11.8 Å². The molecule has 2 amide bonds. The van der Waals surface area contributed by atoms with Gasteiger partial charge in [-0.2, -0.15) is 0 Å². The van der Waals surface area contributed by atoms with Crippen LogP contribution < -0.4 is 10.6 Å². The SMILES string of the molecule is CC1(C)C(=O)Nc2cc(C(=O)NCc3cccs3)ccc21. The maximum atomic E-state index is 12.2. The molecule has 108 valence electrons. The van der Waals surface area contributed by atoms with Crippen LogP contribution in [0.3, 0.4) is 0 Å². The van der Waals surface area contributed by atoms with Crippen molar-refractivity contribution in [2.24, 2.45) is 0 Å². The molecule has 0 spiro atoms. The Morgan fingerprint density at radius 2 is 2.14 bits per heavy atom. The van der Waals surface area contributed by atoms with Gasteiger partial charge in [0.25, 0.3) is 5.91 Å². The number of benzene rings is 1. The van der Waals surface area contributed by atoms with E-state index >= 15 is 0 Å². The zero-order chi connectivity index (χ0) is 15.0. The van der Waals surface area contributed by atoms with Crippen LogP contribution in [0.4, 0.5) is 5.69 Å². The lowest BCUT2D eigenvalue weighted by Gasteiger charge is -2.14. The van der Waals surface area contributed by atoms with E-state index in [0.29, 0.717) is 12.1 Å². The molecule has 0 fully saturated rings. The summed E-state index contributed by atoms with van der Waals surface area (Å²) in [5, 5.41) is 7.70. The van der Waals surface area contributed by atoms with Crippen LogP contribution in [0, 0.1) is 0 Å². The molecule has 5 heteroatoms. The smallest absolute Gasteiger partial charge is 0.251 e. The first-order valence-electron chi connectivity index (χ1n) is 6.75. The van der Waals surface area contributed by atoms with Crippen LogP contribution in [0.5, 0.6) is 0 Å². The molecule has 1 aliphatic heterocycles. The molecule has 1 aromatic carbocycles. The topological polar surface area (TPSA) is 58.2 Å². The molecular formula is C16H16N2O2S. The molecule has 3 rings (SSSR count). The summed E-state index contributed by atoms with van der Waals surface area (Å²) < 4.78 is 0.